The third kappa shape index (κ3) is 4.29. The predicted octanol–water partition coefficient (Wildman–Crippen LogP) is 1.50. The lowest BCUT2D eigenvalue weighted by Gasteiger charge is -2.32. The van der Waals surface area contributed by atoms with Gasteiger partial charge in [0.2, 0.25) is 10.0 Å². The van der Waals surface area contributed by atoms with E-state index in [1.807, 2.05) is 7.05 Å². The molecule has 0 aliphatic carbocycles. The Kier molecular flexibility index (Phi) is 6.85. The fraction of sp³-hybridized carbons (Fsp3) is 0.600. The van der Waals surface area contributed by atoms with Crippen molar-refractivity contribution in [1.82, 2.24) is 9.62 Å². The normalized spacial score (nSPS) is 19.8. The van der Waals surface area contributed by atoms with Gasteiger partial charge in [0.05, 0.1) is 9.79 Å². The van der Waals surface area contributed by atoms with Crippen LogP contribution >= 0.6 is 12.4 Å². The monoisotopic (exact) mass is 396 g/mol. The number of nitrogens with zero attached hydrogens (tertiary/aromatic N) is 1. The zero-order valence-electron chi connectivity index (χ0n) is 14.4. The summed E-state index contributed by atoms with van der Waals surface area (Å²) in [5.41, 5.74) is 0.918. The number of halogens is 1. The Morgan fingerprint density at radius 1 is 1.12 bits per heavy atom. The molecule has 1 saturated heterocycles. The summed E-state index contributed by atoms with van der Waals surface area (Å²) >= 11 is 0. The SMILES string of the molecule is CNC1CCCN(S(=O)(=O)c2cc(C)cc(S(C)(=O)=O)c2C)C1.Cl. The van der Waals surface area contributed by atoms with Gasteiger partial charge in [-0.2, -0.15) is 4.31 Å². The van der Waals surface area contributed by atoms with E-state index in [9.17, 15) is 16.8 Å². The summed E-state index contributed by atoms with van der Waals surface area (Å²) in [7, 11) is -5.37. The van der Waals surface area contributed by atoms with Crippen LogP contribution in [0.15, 0.2) is 21.9 Å². The van der Waals surface area contributed by atoms with Crippen molar-refractivity contribution in [3.05, 3.63) is 23.3 Å². The Hall–Kier alpha value is -0.670. The van der Waals surface area contributed by atoms with Crippen LogP contribution in [0, 0.1) is 13.8 Å². The van der Waals surface area contributed by atoms with Crippen molar-refractivity contribution in [3.63, 3.8) is 0 Å². The predicted molar refractivity (Wildman–Crippen MR) is 97.1 cm³/mol. The second-order valence-corrected chi connectivity index (χ2v) is 10.0. The Labute approximate surface area is 151 Å². The molecule has 138 valence electrons. The molecule has 0 radical (unpaired) electrons. The smallest absolute Gasteiger partial charge is 0.243 e. The van der Waals surface area contributed by atoms with Crippen molar-refractivity contribution in [2.75, 3.05) is 26.4 Å². The van der Waals surface area contributed by atoms with Crippen LogP contribution in [-0.4, -0.2) is 53.6 Å². The van der Waals surface area contributed by atoms with Crippen molar-refractivity contribution >= 4 is 32.3 Å². The molecule has 1 aliphatic rings. The average molecular weight is 397 g/mol. The summed E-state index contributed by atoms with van der Waals surface area (Å²) < 4.78 is 51.3. The zero-order valence-corrected chi connectivity index (χ0v) is 16.8. The summed E-state index contributed by atoms with van der Waals surface area (Å²) in [5, 5.41) is 3.12. The number of sulfone groups is 1. The quantitative estimate of drug-likeness (QED) is 0.833. The first-order valence-electron chi connectivity index (χ1n) is 7.56. The molecule has 6 nitrogen and oxygen atoms in total. The van der Waals surface area contributed by atoms with E-state index >= 15 is 0 Å². The van der Waals surface area contributed by atoms with Gasteiger partial charge < -0.3 is 5.32 Å². The lowest BCUT2D eigenvalue weighted by Crippen LogP contribution is -2.47. The minimum atomic E-state index is -3.71. The molecule has 2 rings (SSSR count). The summed E-state index contributed by atoms with van der Waals surface area (Å²) in [6.07, 6.45) is 2.82. The zero-order chi connectivity index (χ0) is 17.4. The van der Waals surface area contributed by atoms with Crippen LogP contribution in [-0.2, 0) is 19.9 Å². The van der Waals surface area contributed by atoms with Crippen molar-refractivity contribution in [2.24, 2.45) is 0 Å². The molecule has 9 heteroatoms. The second kappa shape index (κ2) is 7.70. The van der Waals surface area contributed by atoms with E-state index in [4.69, 9.17) is 0 Å². The van der Waals surface area contributed by atoms with Crippen molar-refractivity contribution in [1.29, 1.82) is 0 Å². The maximum atomic E-state index is 13.0. The van der Waals surface area contributed by atoms with Crippen LogP contribution in [0.3, 0.4) is 0 Å². The van der Waals surface area contributed by atoms with Crippen molar-refractivity contribution < 1.29 is 16.8 Å². The molecule has 0 amide bonds. The Morgan fingerprint density at radius 3 is 2.25 bits per heavy atom. The number of rotatable bonds is 4. The minimum absolute atomic E-state index is 0. The van der Waals surface area contributed by atoms with E-state index in [2.05, 4.69) is 5.32 Å². The maximum Gasteiger partial charge on any atom is 0.243 e. The Morgan fingerprint density at radius 2 is 1.71 bits per heavy atom. The van der Waals surface area contributed by atoms with Gasteiger partial charge in [-0.15, -0.1) is 12.4 Å². The van der Waals surface area contributed by atoms with Crippen LogP contribution in [0.1, 0.15) is 24.0 Å². The first-order valence-corrected chi connectivity index (χ1v) is 10.9. The van der Waals surface area contributed by atoms with Gasteiger partial charge in [0.15, 0.2) is 9.84 Å². The van der Waals surface area contributed by atoms with Gasteiger partial charge in [0, 0.05) is 25.4 Å². The molecule has 0 saturated carbocycles. The first-order chi connectivity index (χ1) is 10.6. The summed E-state index contributed by atoms with van der Waals surface area (Å²) in [6, 6.07) is 3.21. The molecule has 1 fully saturated rings. The molecule has 1 aliphatic heterocycles. The molecule has 1 unspecified atom stereocenters. The largest absolute Gasteiger partial charge is 0.316 e. The number of benzene rings is 1. The van der Waals surface area contributed by atoms with Crippen molar-refractivity contribution in [2.45, 2.75) is 42.5 Å². The number of nitrogens with one attached hydrogen (secondary N) is 1. The van der Waals surface area contributed by atoms with Gasteiger partial charge in [-0.3, -0.25) is 0 Å². The highest BCUT2D eigenvalue weighted by Crippen LogP contribution is 2.28. The number of hydrogen-bond acceptors (Lipinski definition) is 5. The Balaban J connectivity index is 0.00000288. The highest BCUT2D eigenvalue weighted by molar-refractivity contribution is 7.91. The lowest BCUT2D eigenvalue weighted by molar-refractivity contribution is 0.292. The second-order valence-electron chi connectivity index (χ2n) is 6.15. The van der Waals surface area contributed by atoms with E-state index in [0.717, 1.165) is 19.1 Å². The number of hydrogen-bond donors (Lipinski definition) is 1. The van der Waals surface area contributed by atoms with Gasteiger partial charge in [-0.1, -0.05) is 0 Å². The fourth-order valence-corrected chi connectivity index (χ4v) is 5.97. The molecule has 1 aromatic rings. The van der Waals surface area contributed by atoms with Crippen LogP contribution in [0.5, 0.6) is 0 Å². The van der Waals surface area contributed by atoms with Gasteiger partial charge >= 0.3 is 0 Å². The molecule has 1 heterocycles. The maximum absolute atomic E-state index is 13.0. The molecule has 0 spiro atoms. The fourth-order valence-electron chi connectivity index (χ4n) is 2.98. The number of aryl methyl sites for hydroxylation is 1. The van der Waals surface area contributed by atoms with E-state index in [1.165, 1.54) is 10.4 Å². The molecule has 1 N–H and O–H groups in total. The lowest BCUT2D eigenvalue weighted by atomic mass is 10.1. The standard InChI is InChI=1S/C15H24N2O4S2.ClH/c1-11-8-14(22(4,18)19)12(2)15(9-11)23(20,21)17-7-5-6-13(10-17)16-3;/h8-9,13,16H,5-7,10H2,1-4H3;1H. The highest BCUT2D eigenvalue weighted by Gasteiger charge is 2.32. The molecule has 24 heavy (non-hydrogen) atoms. The molecular formula is C15H25ClN2O4S2. The number of likely N-dealkylation sites (N-methyl/N-ethyl adjacent to an activating group) is 1. The molecule has 1 atom stereocenters. The van der Waals surface area contributed by atoms with Gasteiger partial charge in [-0.05, 0) is 57.0 Å². The molecule has 0 aromatic heterocycles. The minimum Gasteiger partial charge on any atom is -0.316 e. The van der Waals surface area contributed by atoms with Crippen LogP contribution in [0.4, 0.5) is 0 Å². The van der Waals surface area contributed by atoms with Crippen LogP contribution in [0.25, 0.3) is 0 Å². The molecule has 0 bridgehead atoms. The average Bonchev–Trinajstić information content (AvgIpc) is 2.48. The summed E-state index contributed by atoms with van der Waals surface area (Å²) in [4.78, 5) is 0.174. The molecular weight excluding hydrogens is 372 g/mol. The van der Waals surface area contributed by atoms with Gasteiger partial charge in [-0.25, -0.2) is 16.8 Å². The van der Waals surface area contributed by atoms with E-state index < -0.39 is 19.9 Å². The number of sulfonamides is 1. The summed E-state index contributed by atoms with van der Waals surface area (Å²) in [5.74, 6) is 0. The summed E-state index contributed by atoms with van der Waals surface area (Å²) in [6.45, 7) is 4.13. The van der Waals surface area contributed by atoms with Crippen LogP contribution < -0.4 is 5.32 Å². The first kappa shape index (κ1) is 21.4. The third-order valence-electron chi connectivity index (χ3n) is 4.27. The van der Waals surface area contributed by atoms with E-state index in [1.54, 1.807) is 19.9 Å². The van der Waals surface area contributed by atoms with Gasteiger partial charge in [0.1, 0.15) is 0 Å². The third-order valence-corrected chi connectivity index (χ3v) is 7.48. The Bertz CT molecular complexity index is 807. The van der Waals surface area contributed by atoms with Crippen molar-refractivity contribution in [3.8, 4) is 0 Å². The topological polar surface area (TPSA) is 83.6 Å². The molecule has 1 aromatic carbocycles. The number of piperidine rings is 1. The van der Waals surface area contributed by atoms with Gasteiger partial charge in [0.25, 0.3) is 0 Å². The van der Waals surface area contributed by atoms with E-state index in [-0.39, 0.29) is 28.2 Å². The van der Waals surface area contributed by atoms with E-state index in [0.29, 0.717) is 24.2 Å². The highest BCUT2D eigenvalue weighted by atomic mass is 35.5. The van der Waals surface area contributed by atoms with Crippen LogP contribution in [0.2, 0.25) is 0 Å².